The third-order valence-electron chi connectivity index (χ3n) is 2.24. The number of allylic oxidation sites excluding steroid dienone is 1. The summed E-state index contributed by atoms with van der Waals surface area (Å²) in [6.07, 6.45) is 2.30. The van der Waals surface area contributed by atoms with Gasteiger partial charge in [0, 0.05) is 13.0 Å². The maximum Gasteiger partial charge on any atom is 0.220 e. The van der Waals surface area contributed by atoms with E-state index >= 15 is 0 Å². The maximum absolute atomic E-state index is 11.4. The quantitative estimate of drug-likeness (QED) is 0.732. The van der Waals surface area contributed by atoms with Crippen LogP contribution in [0.1, 0.15) is 18.9 Å². The lowest BCUT2D eigenvalue weighted by molar-refractivity contribution is -0.121. The highest BCUT2D eigenvalue weighted by Gasteiger charge is 2.04. The molecule has 0 fully saturated rings. The van der Waals surface area contributed by atoms with Gasteiger partial charge in [0.05, 0.1) is 0 Å². The van der Waals surface area contributed by atoms with Gasteiger partial charge < -0.3 is 5.32 Å². The molecule has 0 saturated carbocycles. The summed E-state index contributed by atoms with van der Waals surface area (Å²) in [6, 6.07) is 9.89. The molecule has 80 valence electrons. The summed E-state index contributed by atoms with van der Waals surface area (Å²) >= 11 is 0. The van der Waals surface area contributed by atoms with Crippen LogP contribution in [-0.4, -0.2) is 5.91 Å². The molecule has 0 aliphatic rings. The first-order chi connectivity index (χ1) is 7.22. The first kappa shape index (κ1) is 11.5. The van der Waals surface area contributed by atoms with E-state index in [1.807, 2.05) is 37.3 Å². The molecule has 1 amide bonds. The molecule has 2 heteroatoms. The average Bonchev–Trinajstić information content (AvgIpc) is 2.27. The zero-order chi connectivity index (χ0) is 11.1. The van der Waals surface area contributed by atoms with Crippen LogP contribution >= 0.6 is 0 Å². The molecule has 1 rings (SSSR count). The van der Waals surface area contributed by atoms with Crippen molar-refractivity contribution in [2.75, 3.05) is 0 Å². The van der Waals surface area contributed by atoms with E-state index in [0.29, 0.717) is 13.0 Å². The van der Waals surface area contributed by atoms with Crippen molar-refractivity contribution in [3.05, 3.63) is 48.6 Å². The molecule has 0 radical (unpaired) electrons. The Kier molecular flexibility index (Phi) is 4.61. The minimum atomic E-state index is 0.0752. The molecule has 0 spiro atoms. The predicted octanol–water partition coefficient (Wildman–Crippen LogP) is 2.52. The van der Waals surface area contributed by atoms with E-state index in [9.17, 15) is 4.79 Å². The molecule has 1 atom stereocenters. The van der Waals surface area contributed by atoms with Gasteiger partial charge in [0.25, 0.3) is 0 Å². The first-order valence-corrected chi connectivity index (χ1v) is 5.15. The van der Waals surface area contributed by atoms with Gasteiger partial charge in [-0.05, 0) is 11.5 Å². The number of carbonyl (C=O) groups is 1. The van der Waals surface area contributed by atoms with Gasteiger partial charge in [0.15, 0.2) is 0 Å². The fourth-order valence-electron chi connectivity index (χ4n) is 1.24. The Balaban J connectivity index is 2.31. The van der Waals surface area contributed by atoms with E-state index < -0.39 is 0 Å². The van der Waals surface area contributed by atoms with Crippen molar-refractivity contribution in [2.24, 2.45) is 5.92 Å². The third kappa shape index (κ3) is 4.45. The summed E-state index contributed by atoms with van der Waals surface area (Å²) in [5.41, 5.74) is 1.12. The highest BCUT2D eigenvalue weighted by atomic mass is 16.1. The molecule has 1 unspecified atom stereocenters. The minimum Gasteiger partial charge on any atom is -0.352 e. The molecule has 15 heavy (non-hydrogen) atoms. The topological polar surface area (TPSA) is 29.1 Å². The summed E-state index contributed by atoms with van der Waals surface area (Å²) in [5, 5.41) is 2.88. The Morgan fingerprint density at radius 2 is 2.13 bits per heavy atom. The van der Waals surface area contributed by atoms with Gasteiger partial charge in [-0.2, -0.15) is 0 Å². The number of carbonyl (C=O) groups excluding carboxylic acids is 1. The standard InChI is InChI=1S/C13H17NO/c1-3-11(2)9-13(15)14-10-12-7-5-4-6-8-12/h3-8,11H,1,9-10H2,2H3,(H,14,15). The van der Waals surface area contributed by atoms with E-state index in [1.54, 1.807) is 6.08 Å². The normalized spacial score (nSPS) is 11.8. The zero-order valence-corrected chi connectivity index (χ0v) is 9.07. The number of benzene rings is 1. The molecule has 1 N–H and O–H groups in total. The third-order valence-corrected chi connectivity index (χ3v) is 2.24. The summed E-state index contributed by atoms with van der Waals surface area (Å²) in [6.45, 7) is 6.23. The first-order valence-electron chi connectivity index (χ1n) is 5.15. The van der Waals surface area contributed by atoms with E-state index in [-0.39, 0.29) is 11.8 Å². The lowest BCUT2D eigenvalue weighted by Crippen LogP contribution is -2.23. The van der Waals surface area contributed by atoms with Crippen molar-refractivity contribution in [1.82, 2.24) is 5.32 Å². The predicted molar refractivity (Wildman–Crippen MR) is 62.3 cm³/mol. The molecule has 2 nitrogen and oxygen atoms in total. The van der Waals surface area contributed by atoms with Crippen molar-refractivity contribution in [1.29, 1.82) is 0 Å². The van der Waals surface area contributed by atoms with Gasteiger partial charge in [-0.3, -0.25) is 4.79 Å². The van der Waals surface area contributed by atoms with E-state index in [2.05, 4.69) is 11.9 Å². The molecule has 0 bridgehead atoms. The zero-order valence-electron chi connectivity index (χ0n) is 9.07. The summed E-state index contributed by atoms with van der Waals surface area (Å²) in [4.78, 5) is 11.4. The molecule has 0 aromatic heterocycles. The fourth-order valence-corrected chi connectivity index (χ4v) is 1.24. The van der Waals surface area contributed by atoms with Crippen molar-refractivity contribution in [3.8, 4) is 0 Å². The number of amides is 1. The minimum absolute atomic E-state index is 0.0752. The smallest absolute Gasteiger partial charge is 0.220 e. The molecule has 0 heterocycles. The van der Waals surface area contributed by atoms with Crippen LogP contribution in [-0.2, 0) is 11.3 Å². The second kappa shape index (κ2) is 6.02. The van der Waals surface area contributed by atoms with Crippen LogP contribution in [0.25, 0.3) is 0 Å². The van der Waals surface area contributed by atoms with Crippen LogP contribution in [0.5, 0.6) is 0 Å². The highest BCUT2D eigenvalue weighted by molar-refractivity contribution is 5.76. The molecule has 0 aliphatic carbocycles. The van der Waals surface area contributed by atoms with Gasteiger partial charge in [-0.25, -0.2) is 0 Å². The summed E-state index contributed by atoms with van der Waals surface area (Å²) in [5.74, 6) is 0.312. The van der Waals surface area contributed by atoms with Crippen LogP contribution in [0.15, 0.2) is 43.0 Å². The van der Waals surface area contributed by atoms with E-state index in [0.717, 1.165) is 5.56 Å². The van der Waals surface area contributed by atoms with Crippen LogP contribution < -0.4 is 5.32 Å². The fraction of sp³-hybridized carbons (Fsp3) is 0.308. The van der Waals surface area contributed by atoms with Crippen LogP contribution in [0.4, 0.5) is 0 Å². The maximum atomic E-state index is 11.4. The summed E-state index contributed by atoms with van der Waals surface area (Å²) in [7, 11) is 0. The second-order valence-electron chi connectivity index (χ2n) is 3.68. The second-order valence-corrected chi connectivity index (χ2v) is 3.68. The van der Waals surface area contributed by atoms with Crippen LogP contribution in [0.3, 0.4) is 0 Å². The van der Waals surface area contributed by atoms with Gasteiger partial charge in [-0.1, -0.05) is 43.3 Å². The number of nitrogens with one attached hydrogen (secondary N) is 1. The van der Waals surface area contributed by atoms with Gasteiger partial charge >= 0.3 is 0 Å². The largest absolute Gasteiger partial charge is 0.352 e. The lowest BCUT2D eigenvalue weighted by atomic mass is 10.1. The molecule has 1 aromatic carbocycles. The Hall–Kier alpha value is -1.57. The van der Waals surface area contributed by atoms with Gasteiger partial charge in [0.1, 0.15) is 0 Å². The number of hydrogen-bond donors (Lipinski definition) is 1. The van der Waals surface area contributed by atoms with Crippen molar-refractivity contribution < 1.29 is 4.79 Å². The Bertz CT molecular complexity index is 319. The Morgan fingerprint density at radius 3 is 2.73 bits per heavy atom. The lowest BCUT2D eigenvalue weighted by Gasteiger charge is -2.07. The Morgan fingerprint density at radius 1 is 1.47 bits per heavy atom. The summed E-state index contributed by atoms with van der Waals surface area (Å²) < 4.78 is 0. The Labute approximate surface area is 91.0 Å². The molecule has 0 aliphatic heterocycles. The van der Waals surface area contributed by atoms with Crippen LogP contribution in [0.2, 0.25) is 0 Å². The van der Waals surface area contributed by atoms with Crippen molar-refractivity contribution in [2.45, 2.75) is 19.9 Å². The molecule has 0 saturated heterocycles. The molecule has 1 aromatic rings. The number of hydrogen-bond acceptors (Lipinski definition) is 1. The van der Waals surface area contributed by atoms with Crippen molar-refractivity contribution in [3.63, 3.8) is 0 Å². The van der Waals surface area contributed by atoms with Gasteiger partial charge in [-0.15, -0.1) is 6.58 Å². The van der Waals surface area contributed by atoms with Crippen molar-refractivity contribution >= 4 is 5.91 Å². The SMILES string of the molecule is C=CC(C)CC(=O)NCc1ccccc1. The van der Waals surface area contributed by atoms with E-state index in [1.165, 1.54) is 0 Å². The monoisotopic (exact) mass is 203 g/mol. The van der Waals surface area contributed by atoms with Gasteiger partial charge in [0.2, 0.25) is 5.91 Å². The molecular weight excluding hydrogens is 186 g/mol. The average molecular weight is 203 g/mol. The van der Waals surface area contributed by atoms with E-state index in [4.69, 9.17) is 0 Å². The number of rotatable bonds is 5. The van der Waals surface area contributed by atoms with Crippen LogP contribution in [0, 0.1) is 5.92 Å². The molecular formula is C13H17NO. The highest BCUT2D eigenvalue weighted by Crippen LogP contribution is 2.02.